The highest BCUT2D eigenvalue weighted by molar-refractivity contribution is 5.57. The molecule has 0 aliphatic carbocycles. The quantitative estimate of drug-likeness (QED) is 0.804. The van der Waals surface area contributed by atoms with Crippen LogP contribution in [0, 0.1) is 0 Å². The molecule has 0 unspecified atom stereocenters. The fourth-order valence-corrected chi connectivity index (χ4v) is 1.35. The first-order chi connectivity index (χ1) is 7.40. The molecular formula is C11H12N4. The number of hydrogen-bond acceptors (Lipinski definition) is 4. The lowest BCUT2D eigenvalue weighted by molar-refractivity contribution is 0.911. The van der Waals surface area contributed by atoms with Crippen LogP contribution in [0.15, 0.2) is 36.9 Å². The smallest absolute Gasteiger partial charge is 0.116 e. The van der Waals surface area contributed by atoms with Gasteiger partial charge in [0.1, 0.15) is 6.33 Å². The minimum Gasteiger partial charge on any atom is -0.330 e. The second kappa shape index (κ2) is 4.61. The van der Waals surface area contributed by atoms with Crippen molar-refractivity contribution in [2.75, 3.05) is 6.54 Å². The van der Waals surface area contributed by atoms with Gasteiger partial charge in [-0.3, -0.25) is 4.98 Å². The molecule has 0 bridgehead atoms. The van der Waals surface area contributed by atoms with Crippen molar-refractivity contribution in [2.24, 2.45) is 5.73 Å². The van der Waals surface area contributed by atoms with Gasteiger partial charge in [0.15, 0.2) is 0 Å². The maximum absolute atomic E-state index is 5.48. The minimum absolute atomic E-state index is 0.601. The van der Waals surface area contributed by atoms with Gasteiger partial charge in [0.05, 0.1) is 5.69 Å². The Balaban J connectivity index is 2.33. The zero-order valence-electron chi connectivity index (χ0n) is 8.30. The summed E-state index contributed by atoms with van der Waals surface area (Å²) >= 11 is 0. The van der Waals surface area contributed by atoms with E-state index >= 15 is 0 Å². The molecule has 0 amide bonds. The first kappa shape index (κ1) is 9.73. The highest BCUT2D eigenvalue weighted by atomic mass is 14.8. The maximum atomic E-state index is 5.48. The Morgan fingerprint density at radius 1 is 1.27 bits per heavy atom. The Morgan fingerprint density at radius 2 is 2.20 bits per heavy atom. The van der Waals surface area contributed by atoms with E-state index < -0.39 is 0 Å². The number of pyridine rings is 1. The molecule has 0 aliphatic rings. The summed E-state index contributed by atoms with van der Waals surface area (Å²) in [6.07, 6.45) is 5.86. The topological polar surface area (TPSA) is 64.7 Å². The Bertz CT molecular complexity index is 428. The Kier molecular flexibility index (Phi) is 2.99. The summed E-state index contributed by atoms with van der Waals surface area (Å²) in [7, 11) is 0. The molecule has 0 spiro atoms. The molecule has 4 nitrogen and oxygen atoms in total. The van der Waals surface area contributed by atoms with Gasteiger partial charge in [-0.1, -0.05) is 0 Å². The summed E-state index contributed by atoms with van der Waals surface area (Å²) in [6.45, 7) is 0.601. The van der Waals surface area contributed by atoms with Gasteiger partial charge in [-0.2, -0.15) is 0 Å². The SMILES string of the molecule is NCCc1cc(-c2cccnc2)ncn1. The minimum atomic E-state index is 0.601. The molecule has 0 saturated heterocycles. The summed E-state index contributed by atoms with van der Waals surface area (Å²) in [5, 5.41) is 0. The van der Waals surface area contributed by atoms with E-state index in [1.165, 1.54) is 0 Å². The standard InChI is InChI=1S/C11H12N4/c12-4-3-10-6-11(15-8-14-10)9-2-1-5-13-7-9/h1-2,5-8H,3-4,12H2. The van der Waals surface area contributed by atoms with Gasteiger partial charge in [-0.25, -0.2) is 9.97 Å². The molecule has 0 aliphatic heterocycles. The predicted octanol–water partition coefficient (Wildman–Crippen LogP) is 1.04. The average molecular weight is 200 g/mol. The lowest BCUT2D eigenvalue weighted by Crippen LogP contribution is -2.04. The van der Waals surface area contributed by atoms with Crippen LogP contribution in [0.2, 0.25) is 0 Å². The van der Waals surface area contributed by atoms with E-state index in [2.05, 4.69) is 15.0 Å². The first-order valence-electron chi connectivity index (χ1n) is 4.81. The maximum Gasteiger partial charge on any atom is 0.116 e. The van der Waals surface area contributed by atoms with Crippen molar-refractivity contribution < 1.29 is 0 Å². The first-order valence-corrected chi connectivity index (χ1v) is 4.81. The second-order valence-corrected chi connectivity index (χ2v) is 3.17. The van der Waals surface area contributed by atoms with Crippen molar-refractivity contribution in [1.29, 1.82) is 0 Å². The average Bonchev–Trinajstić information content (AvgIpc) is 2.31. The largest absolute Gasteiger partial charge is 0.330 e. The van der Waals surface area contributed by atoms with Crippen molar-refractivity contribution in [3.63, 3.8) is 0 Å². The Hall–Kier alpha value is -1.81. The summed E-state index contributed by atoms with van der Waals surface area (Å²) < 4.78 is 0. The summed E-state index contributed by atoms with van der Waals surface area (Å²) in [5.74, 6) is 0. The molecule has 2 N–H and O–H groups in total. The van der Waals surface area contributed by atoms with E-state index in [9.17, 15) is 0 Å². The number of aromatic nitrogens is 3. The molecule has 0 atom stereocenters. The monoisotopic (exact) mass is 200 g/mol. The van der Waals surface area contributed by atoms with Crippen LogP contribution >= 0.6 is 0 Å². The summed E-state index contributed by atoms with van der Waals surface area (Å²) in [4.78, 5) is 12.4. The fraction of sp³-hybridized carbons (Fsp3) is 0.182. The van der Waals surface area contributed by atoms with Crippen LogP contribution in [0.4, 0.5) is 0 Å². The van der Waals surface area contributed by atoms with E-state index in [0.717, 1.165) is 23.4 Å². The van der Waals surface area contributed by atoms with Gasteiger partial charge < -0.3 is 5.73 Å². The van der Waals surface area contributed by atoms with E-state index in [0.29, 0.717) is 6.54 Å². The van der Waals surface area contributed by atoms with Gasteiger partial charge in [0.2, 0.25) is 0 Å². The van der Waals surface area contributed by atoms with Crippen molar-refractivity contribution in [3.05, 3.63) is 42.6 Å². The van der Waals surface area contributed by atoms with E-state index in [1.807, 2.05) is 18.2 Å². The normalized spacial score (nSPS) is 10.2. The van der Waals surface area contributed by atoms with Crippen LogP contribution in [0.3, 0.4) is 0 Å². The Morgan fingerprint density at radius 3 is 2.93 bits per heavy atom. The van der Waals surface area contributed by atoms with Gasteiger partial charge in [0.25, 0.3) is 0 Å². The van der Waals surface area contributed by atoms with Crippen LogP contribution in [-0.2, 0) is 6.42 Å². The van der Waals surface area contributed by atoms with Crippen molar-refractivity contribution in [1.82, 2.24) is 15.0 Å². The van der Waals surface area contributed by atoms with Crippen LogP contribution in [0.1, 0.15) is 5.69 Å². The predicted molar refractivity (Wildman–Crippen MR) is 58.0 cm³/mol. The number of rotatable bonds is 3. The van der Waals surface area contributed by atoms with Crippen molar-refractivity contribution >= 4 is 0 Å². The molecule has 0 aromatic carbocycles. The summed E-state index contributed by atoms with van der Waals surface area (Å²) in [6, 6.07) is 5.81. The third-order valence-electron chi connectivity index (χ3n) is 2.08. The molecule has 0 radical (unpaired) electrons. The fourth-order valence-electron chi connectivity index (χ4n) is 1.35. The Labute approximate surface area is 88.2 Å². The van der Waals surface area contributed by atoms with Gasteiger partial charge in [-0.05, 0) is 24.7 Å². The van der Waals surface area contributed by atoms with Crippen LogP contribution in [0.5, 0.6) is 0 Å². The highest BCUT2D eigenvalue weighted by Crippen LogP contribution is 2.14. The van der Waals surface area contributed by atoms with Crippen molar-refractivity contribution in [3.8, 4) is 11.3 Å². The lowest BCUT2D eigenvalue weighted by atomic mass is 10.1. The van der Waals surface area contributed by atoms with Crippen molar-refractivity contribution in [2.45, 2.75) is 6.42 Å². The molecule has 2 heterocycles. The second-order valence-electron chi connectivity index (χ2n) is 3.17. The molecule has 0 saturated carbocycles. The highest BCUT2D eigenvalue weighted by Gasteiger charge is 2.00. The number of hydrogen-bond donors (Lipinski definition) is 1. The molecule has 15 heavy (non-hydrogen) atoms. The van der Waals surface area contributed by atoms with Crippen LogP contribution in [-0.4, -0.2) is 21.5 Å². The van der Waals surface area contributed by atoms with E-state index in [-0.39, 0.29) is 0 Å². The van der Waals surface area contributed by atoms with Gasteiger partial charge >= 0.3 is 0 Å². The molecule has 2 aromatic heterocycles. The molecule has 76 valence electrons. The molecule has 4 heteroatoms. The lowest BCUT2D eigenvalue weighted by Gasteiger charge is -2.01. The zero-order valence-corrected chi connectivity index (χ0v) is 8.30. The van der Waals surface area contributed by atoms with Crippen LogP contribution < -0.4 is 5.73 Å². The number of nitrogens with zero attached hydrogens (tertiary/aromatic N) is 3. The molecule has 2 aromatic rings. The molecular weight excluding hydrogens is 188 g/mol. The number of nitrogens with two attached hydrogens (primary N) is 1. The zero-order chi connectivity index (χ0) is 10.5. The third-order valence-corrected chi connectivity index (χ3v) is 2.08. The van der Waals surface area contributed by atoms with Gasteiger partial charge in [-0.15, -0.1) is 0 Å². The van der Waals surface area contributed by atoms with E-state index in [1.54, 1.807) is 18.7 Å². The third kappa shape index (κ3) is 2.35. The molecule has 0 fully saturated rings. The van der Waals surface area contributed by atoms with Gasteiger partial charge in [0, 0.05) is 30.1 Å². The van der Waals surface area contributed by atoms with E-state index in [4.69, 9.17) is 5.73 Å². The summed E-state index contributed by atoms with van der Waals surface area (Å²) in [5.41, 5.74) is 8.33. The molecule has 2 rings (SSSR count). The van der Waals surface area contributed by atoms with Crippen LogP contribution in [0.25, 0.3) is 11.3 Å².